The molecule has 16 heavy (non-hydrogen) atoms. The van der Waals surface area contributed by atoms with Crippen LogP contribution in [0.25, 0.3) is 0 Å². The summed E-state index contributed by atoms with van der Waals surface area (Å²) < 4.78 is 0. The maximum absolute atomic E-state index is 11.7. The van der Waals surface area contributed by atoms with Crippen LogP contribution in [-0.2, 0) is 4.79 Å². The van der Waals surface area contributed by atoms with Crippen molar-refractivity contribution in [3.8, 4) is 0 Å². The third kappa shape index (κ3) is 1.95. The van der Waals surface area contributed by atoms with Crippen molar-refractivity contribution in [2.75, 3.05) is 6.54 Å². The summed E-state index contributed by atoms with van der Waals surface area (Å²) in [6.07, 6.45) is -0.241. The third-order valence-corrected chi connectivity index (χ3v) is 3.24. The summed E-state index contributed by atoms with van der Waals surface area (Å²) >= 11 is 0. The Morgan fingerprint density at radius 2 is 2.12 bits per heavy atom. The van der Waals surface area contributed by atoms with E-state index in [4.69, 9.17) is 0 Å². The molecule has 2 unspecified atom stereocenters. The standard InChI is InChI=1S/C13H17NO2/c1-9-5-3-4-6-12(9)10(2)14-8-11(15)7-13(14)16/h3-6,10-11,15H,7-8H2,1-2H3. The first-order chi connectivity index (χ1) is 7.59. The number of aliphatic hydroxyl groups excluding tert-OH is 1. The van der Waals surface area contributed by atoms with E-state index in [0.717, 1.165) is 5.56 Å². The second kappa shape index (κ2) is 4.26. The molecule has 0 aromatic heterocycles. The van der Waals surface area contributed by atoms with Gasteiger partial charge < -0.3 is 10.0 Å². The van der Waals surface area contributed by atoms with Crippen LogP contribution in [0.3, 0.4) is 0 Å². The number of carbonyl (C=O) groups is 1. The minimum atomic E-state index is -0.501. The molecule has 0 saturated carbocycles. The van der Waals surface area contributed by atoms with E-state index in [1.54, 1.807) is 4.90 Å². The smallest absolute Gasteiger partial charge is 0.225 e. The Morgan fingerprint density at radius 3 is 2.69 bits per heavy atom. The Hall–Kier alpha value is -1.35. The predicted molar refractivity (Wildman–Crippen MR) is 61.9 cm³/mol. The Morgan fingerprint density at radius 1 is 1.44 bits per heavy atom. The molecule has 1 aromatic carbocycles. The molecule has 86 valence electrons. The van der Waals surface area contributed by atoms with Gasteiger partial charge in [-0.05, 0) is 25.0 Å². The van der Waals surface area contributed by atoms with Gasteiger partial charge in [0.2, 0.25) is 5.91 Å². The van der Waals surface area contributed by atoms with Gasteiger partial charge in [0.05, 0.1) is 18.6 Å². The highest BCUT2D eigenvalue weighted by Crippen LogP contribution is 2.27. The van der Waals surface area contributed by atoms with Crippen molar-refractivity contribution < 1.29 is 9.90 Å². The molecule has 3 nitrogen and oxygen atoms in total. The van der Waals surface area contributed by atoms with E-state index in [2.05, 4.69) is 0 Å². The van der Waals surface area contributed by atoms with Crippen LogP contribution in [-0.4, -0.2) is 28.6 Å². The number of aryl methyl sites for hydroxylation is 1. The summed E-state index contributed by atoms with van der Waals surface area (Å²) in [5, 5.41) is 9.47. The molecule has 1 N–H and O–H groups in total. The SMILES string of the molecule is Cc1ccccc1C(C)N1CC(O)CC1=O. The molecule has 1 amide bonds. The van der Waals surface area contributed by atoms with Crippen molar-refractivity contribution in [2.45, 2.75) is 32.4 Å². The van der Waals surface area contributed by atoms with E-state index in [1.807, 2.05) is 38.1 Å². The average molecular weight is 219 g/mol. The second-order valence-electron chi connectivity index (χ2n) is 4.44. The van der Waals surface area contributed by atoms with Crippen LogP contribution in [0.1, 0.15) is 30.5 Å². The fourth-order valence-corrected chi connectivity index (χ4v) is 2.31. The van der Waals surface area contributed by atoms with Crippen LogP contribution in [0, 0.1) is 6.92 Å². The molecular formula is C13H17NO2. The molecule has 1 saturated heterocycles. The molecule has 2 atom stereocenters. The van der Waals surface area contributed by atoms with Crippen LogP contribution in [0.15, 0.2) is 24.3 Å². The Kier molecular flexibility index (Phi) is 2.97. The molecule has 1 heterocycles. The lowest BCUT2D eigenvalue weighted by molar-refractivity contribution is -0.129. The van der Waals surface area contributed by atoms with Gasteiger partial charge in [-0.3, -0.25) is 4.79 Å². The van der Waals surface area contributed by atoms with Crippen LogP contribution in [0.2, 0.25) is 0 Å². The number of hydrogen-bond acceptors (Lipinski definition) is 2. The quantitative estimate of drug-likeness (QED) is 0.821. The summed E-state index contributed by atoms with van der Waals surface area (Å²) in [5.41, 5.74) is 2.34. The number of rotatable bonds is 2. The lowest BCUT2D eigenvalue weighted by atomic mass is 10.0. The van der Waals surface area contributed by atoms with Gasteiger partial charge in [-0.15, -0.1) is 0 Å². The highest BCUT2D eigenvalue weighted by molar-refractivity contribution is 5.79. The normalized spacial score (nSPS) is 22.6. The van der Waals surface area contributed by atoms with Crippen LogP contribution in [0.5, 0.6) is 0 Å². The molecule has 0 spiro atoms. The number of aliphatic hydroxyl groups is 1. The lowest BCUT2D eigenvalue weighted by Crippen LogP contribution is -2.29. The monoisotopic (exact) mass is 219 g/mol. The van der Waals surface area contributed by atoms with Gasteiger partial charge in [-0.1, -0.05) is 24.3 Å². The van der Waals surface area contributed by atoms with E-state index >= 15 is 0 Å². The van der Waals surface area contributed by atoms with Crippen molar-refractivity contribution in [1.29, 1.82) is 0 Å². The number of amides is 1. The summed E-state index contributed by atoms with van der Waals surface area (Å²) in [6, 6.07) is 8.11. The van der Waals surface area contributed by atoms with Gasteiger partial charge in [0.1, 0.15) is 0 Å². The Bertz CT molecular complexity index is 403. The molecule has 3 heteroatoms. The first-order valence-electron chi connectivity index (χ1n) is 5.62. The summed E-state index contributed by atoms with van der Waals surface area (Å²) in [4.78, 5) is 13.4. The van der Waals surface area contributed by atoms with E-state index < -0.39 is 6.10 Å². The van der Waals surface area contributed by atoms with E-state index in [0.29, 0.717) is 6.54 Å². The second-order valence-corrected chi connectivity index (χ2v) is 4.44. The fourth-order valence-electron chi connectivity index (χ4n) is 2.31. The number of carbonyl (C=O) groups excluding carboxylic acids is 1. The maximum Gasteiger partial charge on any atom is 0.225 e. The molecule has 0 radical (unpaired) electrons. The summed E-state index contributed by atoms with van der Waals surface area (Å²) in [6.45, 7) is 4.51. The van der Waals surface area contributed by atoms with Crippen molar-refractivity contribution in [3.05, 3.63) is 35.4 Å². The minimum absolute atomic E-state index is 0.0447. The van der Waals surface area contributed by atoms with E-state index in [9.17, 15) is 9.90 Å². The number of likely N-dealkylation sites (tertiary alicyclic amines) is 1. The third-order valence-electron chi connectivity index (χ3n) is 3.24. The number of hydrogen-bond donors (Lipinski definition) is 1. The van der Waals surface area contributed by atoms with Gasteiger partial charge in [-0.25, -0.2) is 0 Å². The summed E-state index contributed by atoms with van der Waals surface area (Å²) in [7, 11) is 0. The zero-order valence-electron chi connectivity index (χ0n) is 9.68. The topological polar surface area (TPSA) is 40.5 Å². The maximum atomic E-state index is 11.7. The van der Waals surface area contributed by atoms with Gasteiger partial charge in [-0.2, -0.15) is 0 Å². The highest BCUT2D eigenvalue weighted by Gasteiger charge is 2.32. The first kappa shape index (κ1) is 11.1. The van der Waals surface area contributed by atoms with E-state index in [-0.39, 0.29) is 18.4 Å². The number of benzene rings is 1. The summed E-state index contributed by atoms with van der Waals surface area (Å²) in [5.74, 6) is 0.0447. The highest BCUT2D eigenvalue weighted by atomic mass is 16.3. The van der Waals surface area contributed by atoms with Gasteiger partial charge in [0.25, 0.3) is 0 Å². The molecule has 1 fully saturated rings. The number of β-amino-alcohol motifs (C(OH)–C–C–N with tert-alkyl or cyclic N) is 1. The fraction of sp³-hybridized carbons (Fsp3) is 0.462. The molecule has 1 aromatic rings. The largest absolute Gasteiger partial charge is 0.391 e. The Balaban J connectivity index is 2.23. The van der Waals surface area contributed by atoms with Crippen molar-refractivity contribution in [2.24, 2.45) is 0 Å². The van der Waals surface area contributed by atoms with E-state index in [1.165, 1.54) is 5.56 Å². The number of nitrogens with zero attached hydrogens (tertiary/aromatic N) is 1. The van der Waals surface area contributed by atoms with Crippen molar-refractivity contribution >= 4 is 5.91 Å². The molecule has 0 aliphatic carbocycles. The Labute approximate surface area is 95.7 Å². The van der Waals surface area contributed by atoms with Crippen LogP contribution < -0.4 is 0 Å². The van der Waals surface area contributed by atoms with Gasteiger partial charge >= 0.3 is 0 Å². The zero-order chi connectivity index (χ0) is 11.7. The molecule has 2 rings (SSSR count). The molecule has 1 aliphatic heterocycles. The van der Waals surface area contributed by atoms with Crippen molar-refractivity contribution in [1.82, 2.24) is 4.90 Å². The minimum Gasteiger partial charge on any atom is -0.391 e. The molecular weight excluding hydrogens is 202 g/mol. The van der Waals surface area contributed by atoms with Gasteiger partial charge in [0, 0.05) is 6.54 Å². The van der Waals surface area contributed by atoms with Crippen molar-refractivity contribution in [3.63, 3.8) is 0 Å². The first-order valence-corrected chi connectivity index (χ1v) is 5.62. The van der Waals surface area contributed by atoms with Crippen LogP contribution in [0.4, 0.5) is 0 Å². The lowest BCUT2D eigenvalue weighted by Gasteiger charge is -2.26. The average Bonchev–Trinajstić information content (AvgIpc) is 2.58. The predicted octanol–water partition coefficient (Wildman–Crippen LogP) is 1.65. The van der Waals surface area contributed by atoms with Gasteiger partial charge in [0.15, 0.2) is 0 Å². The molecule has 0 bridgehead atoms. The van der Waals surface area contributed by atoms with Crippen LogP contribution >= 0.6 is 0 Å². The zero-order valence-corrected chi connectivity index (χ0v) is 9.68. The molecule has 1 aliphatic rings.